The Kier molecular flexibility index (Phi) is 4.34. The number of aryl methyl sites for hydroxylation is 1. The largest absolute Gasteiger partial charge is 0.385 e. The normalized spacial score (nSPS) is 12.0. The van der Waals surface area contributed by atoms with Crippen molar-refractivity contribution in [1.29, 1.82) is 0 Å². The molecule has 2 rings (SSSR count). The van der Waals surface area contributed by atoms with Gasteiger partial charge in [-0.2, -0.15) is 0 Å². The summed E-state index contributed by atoms with van der Waals surface area (Å²) in [4.78, 5) is 17.5. The Balaban J connectivity index is 2.18. The van der Waals surface area contributed by atoms with Crippen molar-refractivity contribution in [3.63, 3.8) is 0 Å². The maximum Gasteiger partial charge on any atom is 0.254 e. The highest BCUT2D eigenvalue weighted by Crippen LogP contribution is 2.22. The Morgan fingerprint density at radius 2 is 2.20 bits per heavy atom. The van der Waals surface area contributed by atoms with Crippen LogP contribution >= 0.6 is 11.3 Å². The van der Waals surface area contributed by atoms with Gasteiger partial charge in [0.1, 0.15) is 10.8 Å². The summed E-state index contributed by atoms with van der Waals surface area (Å²) >= 11 is 1.53. The number of thiazole rings is 1. The minimum atomic E-state index is -0.446. The van der Waals surface area contributed by atoms with Crippen LogP contribution in [-0.2, 0) is 0 Å². The van der Waals surface area contributed by atoms with Crippen molar-refractivity contribution in [3.05, 3.63) is 45.7 Å². The number of aromatic nitrogens is 1. The fourth-order valence-corrected chi connectivity index (χ4v) is 2.65. The van der Waals surface area contributed by atoms with Crippen LogP contribution in [0.4, 0.5) is 10.1 Å². The third kappa shape index (κ3) is 2.96. The molecule has 6 heteroatoms. The topological polar surface area (TPSA) is 54.0 Å². The molecule has 0 fully saturated rings. The van der Waals surface area contributed by atoms with Gasteiger partial charge in [0.15, 0.2) is 0 Å². The van der Waals surface area contributed by atoms with E-state index < -0.39 is 5.82 Å². The molecule has 0 aliphatic rings. The van der Waals surface area contributed by atoms with Gasteiger partial charge in [0.05, 0.1) is 17.3 Å². The summed E-state index contributed by atoms with van der Waals surface area (Å²) in [5, 5.41) is 6.37. The quantitative estimate of drug-likeness (QED) is 0.910. The number of hydrogen-bond donors (Lipinski definition) is 2. The van der Waals surface area contributed by atoms with Crippen molar-refractivity contribution in [2.24, 2.45) is 0 Å². The average molecular weight is 293 g/mol. The second-order valence-corrected chi connectivity index (χ2v) is 5.68. The third-order valence-electron chi connectivity index (χ3n) is 2.87. The summed E-state index contributed by atoms with van der Waals surface area (Å²) in [5.74, 6) is -0.771. The smallest absolute Gasteiger partial charge is 0.254 e. The minimum Gasteiger partial charge on any atom is -0.385 e. The van der Waals surface area contributed by atoms with Crippen LogP contribution in [0.1, 0.15) is 33.2 Å². The van der Waals surface area contributed by atoms with Crippen molar-refractivity contribution < 1.29 is 9.18 Å². The highest BCUT2D eigenvalue weighted by Gasteiger charge is 2.18. The van der Waals surface area contributed by atoms with Crippen LogP contribution in [0.3, 0.4) is 0 Å². The fraction of sp³-hybridized carbons (Fsp3) is 0.286. The molecule has 4 nitrogen and oxygen atoms in total. The van der Waals surface area contributed by atoms with Gasteiger partial charge in [0, 0.05) is 18.1 Å². The molecule has 1 heterocycles. The second kappa shape index (κ2) is 6.00. The minimum absolute atomic E-state index is 0.201. The lowest BCUT2D eigenvalue weighted by atomic mass is 10.1. The van der Waals surface area contributed by atoms with E-state index in [1.165, 1.54) is 23.5 Å². The first-order valence-corrected chi connectivity index (χ1v) is 7.04. The van der Waals surface area contributed by atoms with Gasteiger partial charge in [-0.1, -0.05) is 6.07 Å². The van der Waals surface area contributed by atoms with Gasteiger partial charge in [-0.25, -0.2) is 9.37 Å². The second-order valence-electron chi connectivity index (χ2n) is 4.42. The molecule has 0 spiro atoms. The monoisotopic (exact) mass is 293 g/mol. The number of anilines is 1. The molecule has 0 aliphatic carbocycles. The Hall–Kier alpha value is -1.95. The van der Waals surface area contributed by atoms with E-state index in [9.17, 15) is 9.18 Å². The zero-order chi connectivity index (χ0) is 14.7. The van der Waals surface area contributed by atoms with Gasteiger partial charge in [0.25, 0.3) is 5.91 Å². The molecule has 1 atom stereocenters. The molecule has 1 aromatic carbocycles. The van der Waals surface area contributed by atoms with Gasteiger partial charge in [0.2, 0.25) is 0 Å². The molecule has 0 saturated carbocycles. The highest BCUT2D eigenvalue weighted by atomic mass is 32.1. The van der Waals surface area contributed by atoms with Crippen LogP contribution in [0.2, 0.25) is 0 Å². The maximum atomic E-state index is 13.6. The molecule has 1 amide bonds. The summed E-state index contributed by atoms with van der Waals surface area (Å²) < 4.78 is 13.6. The molecular weight excluding hydrogens is 277 g/mol. The van der Waals surface area contributed by atoms with Crippen molar-refractivity contribution in [3.8, 4) is 0 Å². The number of rotatable bonds is 4. The SMILES string of the molecule is CNc1c(F)cccc1C(=O)NC(C)c1ncc(C)s1. The Morgan fingerprint density at radius 3 is 2.80 bits per heavy atom. The molecular formula is C14H16FN3OS. The molecule has 106 valence electrons. The zero-order valence-corrected chi connectivity index (χ0v) is 12.3. The molecule has 0 radical (unpaired) electrons. The number of para-hydroxylation sites is 1. The molecule has 1 unspecified atom stereocenters. The summed E-state index contributed by atoms with van der Waals surface area (Å²) in [6.45, 7) is 3.82. The van der Waals surface area contributed by atoms with Crippen LogP contribution in [0.15, 0.2) is 24.4 Å². The molecule has 2 aromatic rings. The van der Waals surface area contributed by atoms with Gasteiger partial charge >= 0.3 is 0 Å². The van der Waals surface area contributed by atoms with E-state index in [0.29, 0.717) is 0 Å². The van der Waals surface area contributed by atoms with Crippen molar-refractivity contribution in [1.82, 2.24) is 10.3 Å². The van der Waals surface area contributed by atoms with E-state index in [1.807, 2.05) is 13.8 Å². The van der Waals surface area contributed by atoms with E-state index in [1.54, 1.807) is 19.3 Å². The molecule has 0 bridgehead atoms. The van der Waals surface area contributed by atoms with Gasteiger partial charge < -0.3 is 10.6 Å². The Bertz CT molecular complexity index is 627. The van der Waals surface area contributed by atoms with Gasteiger partial charge in [-0.05, 0) is 26.0 Å². The van der Waals surface area contributed by atoms with Crippen molar-refractivity contribution in [2.75, 3.05) is 12.4 Å². The van der Waals surface area contributed by atoms with E-state index in [0.717, 1.165) is 9.88 Å². The predicted octanol–water partition coefficient (Wildman–Crippen LogP) is 3.12. The zero-order valence-electron chi connectivity index (χ0n) is 11.5. The Morgan fingerprint density at radius 1 is 1.45 bits per heavy atom. The number of hydrogen-bond acceptors (Lipinski definition) is 4. The van der Waals surface area contributed by atoms with Gasteiger partial charge in [-0.15, -0.1) is 11.3 Å². The van der Waals surface area contributed by atoms with Crippen LogP contribution < -0.4 is 10.6 Å². The van der Waals surface area contributed by atoms with E-state index in [4.69, 9.17) is 0 Å². The van der Waals surface area contributed by atoms with Crippen molar-refractivity contribution >= 4 is 22.9 Å². The summed E-state index contributed by atoms with van der Waals surface area (Å²) in [5.41, 5.74) is 0.486. The van der Waals surface area contributed by atoms with Crippen molar-refractivity contribution in [2.45, 2.75) is 19.9 Å². The number of nitrogens with zero attached hydrogens (tertiary/aromatic N) is 1. The fourth-order valence-electron chi connectivity index (χ4n) is 1.88. The maximum absolute atomic E-state index is 13.6. The van der Waals surface area contributed by atoms with Crippen LogP contribution in [-0.4, -0.2) is 17.9 Å². The van der Waals surface area contributed by atoms with Crippen LogP contribution in [0, 0.1) is 12.7 Å². The van der Waals surface area contributed by atoms with Crippen LogP contribution in [0.5, 0.6) is 0 Å². The molecule has 2 N–H and O–H groups in total. The lowest BCUT2D eigenvalue weighted by molar-refractivity contribution is 0.0940. The third-order valence-corrected chi connectivity index (χ3v) is 3.96. The summed E-state index contributed by atoms with van der Waals surface area (Å²) in [6, 6.07) is 4.21. The molecule has 0 saturated heterocycles. The van der Waals surface area contributed by atoms with Crippen LogP contribution in [0.25, 0.3) is 0 Å². The highest BCUT2D eigenvalue weighted by molar-refractivity contribution is 7.11. The number of nitrogens with one attached hydrogen (secondary N) is 2. The lowest BCUT2D eigenvalue weighted by Crippen LogP contribution is -2.27. The first-order chi connectivity index (χ1) is 9.52. The lowest BCUT2D eigenvalue weighted by Gasteiger charge is -2.14. The standard InChI is InChI=1S/C14H16FN3OS/c1-8-7-17-14(20-8)9(2)18-13(19)10-5-4-6-11(15)12(10)16-3/h4-7,9,16H,1-3H3,(H,18,19). The number of carbonyl (C=O) groups excluding carboxylic acids is 1. The number of halogens is 1. The summed E-state index contributed by atoms with van der Waals surface area (Å²) in [7, 11) is 1.59. The Labute approximate surface area is 121 Å². The number of carbonyl (C=O) groups is 1. The first-order valence-electron chi connectivity index (χ1n) is 6.22. The number of amides is 1. The molecule has 20 heavy (non-hydrogen) atoms. The molecule has 0 aliphatic heterocycles. The summed E-state index contributed by atoms with van der Waals surface area (Å²) in [6.07, 6.45) is 1.77. The number of benzene rings is 1. The van der Waals surface area contributed by atoms with E-state index in [2.05, 4.69) is 15.6 Å². The first kappa shape index (κ1) is 14.5. The van der Waals surface area contributed by atoms with E-state index in [-0.39, 0.29) is 23.2 Å². The van der Waals surface area contributed by atoms with E-state index >= 15 is 0 Å². The molecule has 1 aromatic heterocycles. The predicted molar refractivity (Wildman–Crippen MR) is 78.7 cm³/mol. The van der Waals surface area contributed by atoms with Gasteiger partial charge in [-0.3, -0.25) is 4.79 Å². The average Bonchev–Trinajstić information content (AvgIpc) is 2.85.